The van der Waals surface area contributed by atoms with Gasteiger partial charge in [-0.2, -0.15) is 0 Å². The van der Waals surface area contributed by atoms with Crippen molar-refractivity contribution in [3.63, 3.8) is 0 Å². The molecule has 5 nitrogen and oxygen atoms in total. The molecule has 0 bridgehead atoms. The topological polar surface area (TPSA) is 37.8 Å². The van der Waals surface area contributed by atoms with E-state index in [-0.39, 0.29) is 0 Å². The van der Waals surface area contributed by atoms with Crippen LogP contribution in [0, 0.1) is 5.92 Å². The molecule has 3 heterocycles. The zero-order valence-electron chi connectivity index (χ0n) is 15.7. The van der Waals surface area contributed by atoms with E-state index in [1.165, 1.54) is 32.5 Å². The molecule has 0 aromatic carbocycles. The molecule has 3 fully saturated rings. The summed E-state index contributed by atoms with van der Waals surface area (Å²) in [6.45, 7) is 8.36. The number of rotatable bonds is 7. The zero-order chi connectivity index (χ0) is 17.6. The second-order valence-electron chi connectivity index (χ2n) is 7.81. The fourth-order valence-electron chi connectivity index (χ4n) is 3.73. The summed E-state index contributed by atoms with van der Waals surface area (Å²) < 4.78 is 11.5. The Balaban J connectivity index is 1.19. The van der Waals surface area contributed by atoms with Gasteiger partial charge in [0.15, 0.2) is 0 Å². The van der Waals surface area contributed by atoms with Crippen LogP contribution in [0.2, 0.25) is 0 Å². The third-order valence-corrected chi connectivity index (χ3v) is 5.57. The van der Waals surface area contributed by atoms with Crippen molar-refractivity contribution >= 4 is 6.08 Å². The number of piperidine rings is 1. The first-order chi connectivity index (χ1) is 12.8. The van der Waals surface area contributed by atoms with Crippen molar-refractivity contribution in [2.24, 2.45) is 5.92 Å². The van der Waals surface area contributed by atoms with Gasteiger partial charge in [0.25, 0.3) is 0 Å². The van der Waals surface area contributed by atoms with Crippen LogP contribution in [0.5, 0.6) is 5.88 Å². The van der Waals surface area contributed by atoms with Crippen LogP contribution < -0.4 is 4.74 Å². The van der Waals surface area contributed by atoms with E-state index in [4.69, 9.17) is 9.47 Å². The lowest BCUT2D eigenvalue weighted by molar-refractivity contribution is 0.0435. The maximum atomic E-state index is 6.09. The smallest absolute Gasteiger partial charge is 0.213 e. The van der Waals surface area contributed by atoms with Gasteiger partial charge in [-0.1, -0.05) is 12.2 Å². The van der Waals surface area contributed by atoms with Crippen molar-refractivity contribution in [2.45, 2.75) is 31.8 Å². The SMILES string of the molecule is C(=Cc1ccc(OC2CCN(CC3CC3)CC2)nc1)CN1CCOCC1. The van der Waals surface area contributed by atoms with Crippen molar-refractivity contribution in [3.8, 4) is 5.88 Å². The van der Waals surface area contributed by atoms with Gasteiger partial charge in [-0.3, -0.25) is 4.90 Å². The summed E-state index contributed by atoms with van der Waals surface area (Å²) in [7, 11) is 0. The molecule has 1 saturated carbocycles. The van der Waals surface area contributed by atoms with Gasteiger partial charge in [0.1, 0.15) is 6.10 Å². The van der Waals surface area contributed by atoms with E-state index in [2.05, 4.69) is 33.0 Å². The Bertz CT molecular complexity index is 571. The molecule has 2 saturated heterocycles. The lowest BCUT2D eigenvalue weighted by Crippen LogP contribution is -2.39. The first-order valence-corrected chi connectivity index (χ1v) is 10.2. The highest BCUT2D eigenvalue weighted by atomic mass is 16.5. The molecule has 1 aliphatic carbocycles. The Morgan fingerprint density at radius 2 is 1.85 bits per heavy atom. The Kier molecular flexibility index (Phi) is 6.20. The van der Waals surface area contributed by atoms with E-state index in [0.29, 0.717) is 6.10 Å². The van der Waals surface area contributed by atoms with Crippen molar-refractivity contribution in [1.29, 1.82) is 0 Å². The zero-order valence-corrected chi connectivity index (χ0v) is 15.7. The summed E-state index contributed by atoms with van der Waals surface area (Å²) in [6.07, 6.45) is 11.7. The third kappa shape index (κ3) is 5.53. The van der Waals surface area contributed by atoms with Gasteiger partial charge in [0.05, 0.1) is 13.2 Å². The predicted octanol–water partition coefficient (Wildman–Crippen LogP) is 2.68. The molecule has 1 aromatic rings. The van der Waals surface area contributed by atoms with Gasteiger partial charge < -0.3 is 14.4 Å². The molecule has 26 heavy (non-hydrogen) atoms. The molecule has 4 rings (SSSR count). The van der Waals surface area contributed by atoms with Crippen molar-refractivity contribution in [1.82, 2.24) is 14.8 Å². The molecule has 0 spiro atoms. The molecule has 142 valence electrons. The minimum atomic E-state index is 0.320. The number of hydrogen-bond acceptors (Lipinski definition) is 5. The molecule has 0 N–H and O–H groups in total. The van der Waals surface area contributed by atoms with Crippen LogP contribution in [0.25, 0.3) is 6.08 Å². The molecule has 2 aliphatic heterocycles. The minimum Gasteiger partial charge on any atom is -0.474 e. The molecular weight excluding hydrogens is 326 g/mol. The first kappa shape index (κ1) is 18.0. The normalized spacial score (nSPS) is 23.5. The average molecular weight is 357 g/mol. The monoisotopic (exact) mass is 357 g/mol. The van der Waals surface area contributed by atoms with Crippen LogP contribution in [0.4, 0.5) is 0 Å². The molecule has 1 aromatic heterocycles. The van der Waals surface area contributed by atoms with Gasteiger partial charge >= 0.3 is 0 Å². The van der Waals surface area contributed by atoms with Crippen LogP contribution in [0.1, 0.15) is 31.2 Å². The summed E-state index contributed by atoms with van der Waals surface area (Å²) in [5.74, 6) is 1.74. The Morgan fingerprint density at radius 3 is 2.54 bits per heavy atom. The first-order valence-electron chi connectivity index (χ1n) is 10.2. The second-order valence-corrected chi connectivity index (χ2v) is 7.81. The van der Waals surface area contributed by atoms with Crippen LogP contribution >= 0.6 is 0 Å². The Morgan fingerprint density at radius 1 is 1.04 bits per heavy atom. The van der Waals surface area contributed by atoms with E-state index in [9.17, 15) is 0 Å². The maximum Gasteiger partial charge on any atom is 0.213 e. The molecule has 5 heteroatoms. The number of hydrogen-bond donors (Lipinski definition) is 0. The average Bonchev–Trinajstić information content (AvgIpc) is 3.50. The Hall–Kier alpha value is -1.43. The summed E-state index contributed by atoms with van der Waals surface area (Å²) in [4.78, 5) is 9.50. The number of pyridine rings is 1. The lowest BCUT2D eigenvalue weighted by Gasteiger charge is -2.31. The summed E-state index contributed by atoms with van der Waals surface area (Å²) >= 11 is 0. The number of likely N-dealkylation sites (tertiary alicyclic amines) is 1. The standard InChI is InChI=1S/C21H31N3O2/c1(9-23-12-14-25-15-13-23)2-18-5-6-21(22-16-18)26-20-7-10-24(11-8-20)17-19-3-4-19/h1-2,5-6,16,19-20H,3-4,7-15,17H2. The predicted molar refractivity (Wildman–Crippen MR) is 103 cm³/mol. The fraction of sp³-hybridized carbons (Fsp3) is 0.667. The highest BCUT2D eigenvalue weighted by Gasteiger charge is 2.27. The number of aromatic nitrogens is 1. The third-order valence-electron chi connectivity index (χ3n) is 5.57. The largest absolute Gasteiger partial charge is 0.474 e. The van der Waals surface area contributed by atoms with E-state index < -0.39 is 0 Å². The molecule has 3 aliphatic rings. The fourth-order valence-corrected chi connectivity index (χ4v) is 3.73. The van der Waals surface area contributed by atoms with Gasteiger partial charge in [0.2, 0.25) is 5.88 Å². The van der Waals surface area contributed by atoms with Gasteiger partial charge in [-0.25, -0.2) is 4.98 Å². The molecule has 0 amide bonds. The van der Waals surface area contributed by atoms with Crippen molar-refractivity contribution in [2.75, 3.05) is 52.5 Å². The van der Waals surface area contributed by atoms with Crippen LogP contribution in [0.15, 0.2) is 24.4 Å². The lowest BCUT2D eigenvalue weighted by atomic mass is 10.1. The minimum absolute atomic E-state index is 0.320. The maximum absolute atomic E-state index is 6.09. The summed E-state index contributed by atoms with van der Waals surface area (Å²) in [5, 5.41) is 0. The van der Waals surface area contributed by atoms with Crippen LogP contribution in [-0.2, 0) is 4.74 Å². The highest BCUT2D eigenvalue weighted by molar-refractivity contribution is 5.48. The van der Waals surface area contributed by atoms with Crippen LogP contribution in [-0.4, -0.2) is 73.4 Å². The van der Waals surface area contributed by atoms with E-state index >= 15 is 0 Å². The Labute approximate surface area is 157 Å². The van der Waals surface area contributed by atoms with E-state index in [1.54, 1.807) is 0 Å². The van der Waals surface area contributed by atoms with E-state index in [1.807, 2.05) is 12.3 Å². The highest BCUT2D eigenvalue weighted by Crippen LogP contribution is 2.30. The summed E-state index contributed by atoms with van der Waals surface area (Å²) in [5.41, 5.74) is 1.13. The molecule has 0 unspecified atom stereocenters. The number of nitrogens with zero attached hydrogens (tertiary/aromatic N) is 3. The van der Waals surface area contributed by atoms with Crippen LogP contribution in [0.3, 0.4) is 0 Å². The number of morpholine rings is 1. The molecule has 0 atom stereocenters. The molecular formula is C21H31N3O2. The van der Waals surface area contributed by atoms with E-state index in [0.717, 1.165) is 63.1 Å². The quantitative estimate of drug-likeness (QED) is 0.750. The van der Waals surface area contributed by atoms with Crippen molar-refractivity contribution < 1.29 is 9.47 Å². The molecule has 0 radical (unpaired) electrons. The van der Waals surface area contributed by atoms with Gasteiger partial charge in [-0.15, -0.1) is 0 Å². The van der Waals surface area contributed by atoms with Crippen molar-refractivity contribution in [3.05, 3.63) is 30.0 Å². The number of ether oxygens (including phenoxy) is 2. The van der Waals surface area contributed by atoms with Gasteiger partial charge in [0, 0.05) is 51.5 Å². The second kappa shape index (κ2) is 8.98. The van der Waals surface area contributed by atoms with Gasteiger partial charge in [-0.05, 0) is 43.2 Å². The summed E-state index contributed by atoms with van der Waals surface area (Å²) in [6, 6.07) is 4.10.